The van der Waals surface area contributed by atoms with Gasteiger partial charge in [-0.05, 0) is 51.5 Å². The molecule has 0 aliphatic heterocycles. The number of H-pyrrole nitrogens is 1. The molecule has 0 bridgehead atoms. The Bertz CT molecular complexity index is 780. The molecule has 2 heterocycles. The van der Waals surface area contributed by atoms with E-state index in [1.165, 1.54) is 0 Å². The standard InChI is InChI=1S/C17H22N4O2/c1-10(2)21(15-8-13(16(18)22)5-6-19-15)9-14-11(3)7-12(4)20-17(14)23/h5-8,10H,9H2,1-4H3,(H2,18,22)(H,20,23). The first-order valence-electron chi connectivity index (χ1n) is 7.51. The van der Waals surface area contributed by atoms with Gasteiger partial charge in [-0.3, -0.25) is 9.59 Å². The molecule has 0 fully saturated rings. The molecule has 3 N–H and O–H groups in total. The molecule has 2 aromatic rings. The third-order valence-electron chi connectivity index (χ3n) is 3.77. The lowest BCUT2D eigenvalue weighted by molar-refractivity contribution is 0.1000. The van der Waals surface area contributed by atoms with E-state index in [0.29, 0.717) is 23.5 Å². The van der Waals surface area contributed by atoms with Crippen LogP contribution in [0.4, 0.5) is 5.82 Å². The smallest absolute Gasteiger partial charge is 0.253 e. The van der Waals surface area contributed by atoms with E-state index in [2.05, 4.69) is 9.97 Å². The van der Waals surface area contributed by atoms with Crippen molar-refractivity contribution in [3.05, 3.63) is 57.1 Å². The van der Waals surface area contributed by atoms with Gasteiger partial charge in [0.05, 0.1) is 6.54 Å². The van der Waals surface area contributed by atoms with Crippen LogP contribution in [0.5, 0.6) is 0 Å². The number of aromatic amines is 1. The van der Waals surface area contributed by atoms with Crippen LogP contribution < -0.4 is 16.2 Å². The van der Waals surface area contributed by atoms with Crippen LogP contribution in [0, 0.1) is 13.8 Å². The minimum Gasteiger partial charge on any atom is -0.366 e. The van der Waals surface area contributed by atoms with Gasteiger partial charge < -0.3 is 15.6 Å². The Morgan fingerprint density at radius 2 is 2.04 bits per heavy atom. The van der Waals surface area contributed by atoms with E-state index in [0.717, 1.165) is 11.3 Å². The number of rotatable bonds is 5. The van der Waals surface area contributed by atoms with Gasteiger partial charge in [-0.25, -0.2) is 4.98 Å². The van der Waals surface area contributed by atoms with Crippen LogP contribution in [0.2, 0.25) is 0 Å². The van der Waals surface area contributed by atoms with Gasteiger partial charge in [0.25, 0.3) is 5.56 Å². The Kier molecular flexibility index (Phi) is 4.83. The maximum Gasteiger partial charge on any atom is 0.253 e. The van der Waals surface area contributed by atoms with Gasteiger partial charge in [0.1, 0.15) is 5.82 Å². The summed E-state index contributed by atoms with van der Waals surface area (Å²) in [6.07, 6.45) is 1.55. The Hall–Kier alpha value is -2.63. The fourth-order valence-corrected chi connectivity index (χ4v) is 2.51. The highest BCUT2D eigenvalue weighted by Crippen LogP contribution is 2.19. The molecular formula is C17H22N4O2. The number of nitrogens with two attached hydrogens (primary N) is 1. The van der Waals surface area contributed by atoms with E-state index < -0.39 is 5.91 Å². The molecule has 1 amide bonds. The Balaban J connectivity index is 2.43. The Labute approximate surface area is 135 Å². The number of anilines is 1. The van der Waals surface area contributed by atoms with Crippen molar-refractivity contribution in [1.29, 1.82) is 0 Å². The number of hydrogen-bond donors (Lipinski definition) is 2. The molecule has 23 heavy (non-hydrogen) atoms. The summed E-state index contributed by atoms with van der Waals surface area (Å²) in [7, 11) is 0. The van der Waals surface area contributed by atoms with Crippen LogP contribution in [0.1, 0.15) is 41.0 Å². The van der Waals surface area contributed by atoms with Crippen LogP contribution in [-0.4, -0.2) is 21.9 Å². The molecule has 2 rings (SSSR count). The maximum absolute atomic E-state index is 12.2. The van der Waals surface area contributed by atoms with Crippen molar-refractivity contribution in [3.8, 4) is 0 Å². The Morgan fingerprint density at radius 3 is 2.61 bits per heavy atom. The molecule has 0 saturated carbocycles. The second-order valence-corrected chi connectivity index (χ2v) is 5.93. The third-order valence-corrected chi connectivity index (χ3v) is 3.77. The lowest BCUT2D eigenvalue weighted by Crippen LogP contribution is -2.34. The number of carbonyl (C=O) groups excluding carboxylic acids is 1. The molecule has 0 atom stereocenters. The highest BCUT2D eigenvalue weighted by atomic mass is 16.1. The number of amides is 1. The quantitative estimate of drug-likeness (QED) is 0.881. The van der Waals surface area contributed by atoms with Crippen molar-refractivity contribution >= 4 is 11.7 Å². The number of hydrogen-bond acceptors (Lipinski definition) is 4. The zero-order chi connectivity index (χ0) is 17.1. The molecule has 6 heteroatoms. The van der Waals surface area contributed by atoms with Gasteiger partial charge in [0.2, 0.25) is 5.91 Å². The average Bonchev–Trinajstić information content (AvgIpc) is 2.46. The zero-order valence-corrected chi connectivity index (χ0v) is 13.9. The van der Waals surface area contributed by atoms with E-state index in [-0.39, 0.29) is 11.6 Å². The number of nitrogens with zero attached hydrogens (tertiary/aromatic N) is 2. The SMILES string of the molecule is Cc1cc(C)c(CN(c2cc(C(N)=O)ccn2)C(C)C)c(=O)[nH]1. The van der Waals surface area contributed by atoms with E-state index >= 15 is 0 Å². The number of pyridine rings is 2. The fourth-order valence-electron chi connectivity index (χ4n) is 2.51. The van der Waals surface area contributed by atoms with E-state index in [9.17, 15) is 9.59 Å². The van der Waals surface area contributed by atoms with Gasteiger partial charge in [-0.2, -0.15) is 0 Å². The summed E-state index contributed by atoms with van der Waals surface area (Å²) in [5.41, 5.74) is 8.09. The highest BCUT2D eigenvalue weighted by Gasteiger charge is 2.17. The van der Waals surface area contributed by atoms with Gasteiger partial charge in [0.15, 0.2) is 0 Å². The van der Waals surface area contributed by atoms with E-state index in [4.69, 9.17) is 5.73 Å². The summed E-state index contributed by atoms with van der Waals surface area (Å²) in [5.74, 6) is 0.123. The van der Waals surface area contributed by atoms with Crippen molar-refractivity contribution in [1.82, 2.24) is 9.97 Å². The summed E-state index contributed by atoms with van der Waals surface area (Å²) >= 11 is 0. The second-order valence-electron chi connectivity index (χ2n) is 5.93. The minimum atomic E-state index is -0.498. The normalized spacial score (nSPS) is 10.8. The molecule has 2 aromatic heterocycles. The first-order valence-corrected chi connectivity index (χ1v) is 7.51. The van der Waals surface area contributed by atoms with Crippen molar-refractivity contribution < 1.29 is 4.79 Å². The van der Waals surface area contributed by atoms with Gasteiger partial charge in [0, 0.05) is 29.1 Å². The van der Waals surface area contributed by atoms with Crippen LogP contribution in [0.25, 0.3) is 0 Å². The first kappa shape index (κ1) is 16.7. The second kappa shape index (κ2) is 6.64. The largest absolute Gasteiger partial charge is 0.366 e. The minimum absolute atomic E-state index is 0.0980. The Morgan fingerprint density at radius 1 is 1.35 bits per heavy atom. The number of nitrogens with one attached hydrogen (secondary N) is 1. The van der Waals surface area contributed by atoms with Crippen LogP contribution in [-0.2, 0) is 6.54 Å². The van der Waals surface area contributed by atoms with Crippen molar-refractivity contribution in [2.24, 2.45) is 5.73 Å². The summed E-state index contributed by atoms with van der Waals surface area (Å²) in [6, 6.07) is 5.28. The molecule has 0 spiro atoms. The summed E-state index contributed by atoms with van der Waals surface area (Å²) < 4.78 is 0. The van der Waals surface area contributed by atoms with Gasteiger partial charge in [-0.15, -0.1) is 0 Å². The average molecular weight is 314 g/mol. The molecule has 0 aliphatic rings. The lowest BCUT2D eigenvalue weighted by Gasteiger charge is -2.28. The summed E-state index contributed by atoms with van der Waals surface area (Å²) in [4.78, 5) is 32.7. The van der Waals surface area contributed by atoms with Crippen molar-refractivity contribution in [2.75, 3.05) is 4.90 Å². The fraction of sp³-hybridized carbons (Fsp3) is 0.353. The first-order chi connectivity index (χ1) is 10.8. The molecule has 0 aromatic carbocycles. The molecule has 0 radical (unpaired) electrons. The van der Waals surface area contributed by atoms with E-state index in [1.54, 1.807) is 18.3 Å². The number of aryl methyl sites for hydroxylation is 2. The molecular weight excluding hydrogens is 292 g/mol. The predicted octanol–water partition coefficient (Wildman–Crippen LogP) is 1.90. The zero-order valence-electron chi connectivity index (χ0n) is 13.9. The topological polar surface area (TPSA) is 92.1 Å². The van der Waals surface area contributed by atoms with Gasteiger partial charge in [-0.1, -0.05) is 0 Å². The third kappa shape index (κ3) is 3.77. The van der Waals surface area contributed by atoms with Crippen molar-refractivity contribution in [2.45, 2.75) is 40.3 Å². The molecule has 0 unspecified atom stereocenters. The monoisotopic (exact) mass is 314 g/mol. The van der Waals surface area contributed by atoms with Crippen molar-refractivity contribution in [3.63, 3.8) is 0 Å². The molecule has 6 nitrogen and oxygen atoms in total. The number of primary amides is 1. The summed E-state index contributed by atoms with van der Waals surface area (Å²) in [6.45, 7) is 8.21. The highest BCUT2D eigenvalue weighted by molar-refractivity contribution is 5.93. The number of aromatic nitrogens is 2. The molecule has 122 valence electrons. The molecule has 0 saturated heterocycles. The number of carbonyl (C=O) groups is 1. The van der Waals surface area contributed by atoms with Crippen LogP contribution >= 0.6 is 0 Å². The maximum atomic E-state index is 12.2. The van der Waals surface area contributed by atoms with Crippen LogP contribution in [0.15, 0.2) is 29.2 Å². The van der Waals surface area contributed by atoms with Gasteiger partial charge >= 0.3 is 0 Å². The lowest BCUT2D eigenvalue weighted by atomic mass is 10.1. The van der Waals surface area contributed by atoms with Crippen LogP contribution in [0.3, 0.4) is 0 Å². The molecule has 0 aliphatic carbocycles. The predicted molar refractivity (Wildman–Crippen MR) is 90.6 cm³/mol. The van der Waals surface area contributed by atoms with E-state index in [1.807, 2.05) is 38.7 Å². The summed E-state index contributed by atoms with van der Waals surface area (Å²) in [5, 5.41) is 0.